The van der Waals surface area contributed by atoms with Crippen LogP contribution in [-0.4, -0.2) is 90.4 Å². The molecule has 0 bridgehead atoms. The Labute approximate surface area is 171 Å². The van der Waals surface area contributed by atoms with Crippen LogP contribution >= 0.6 is 0 Å². The highest BCUT2D eigenvalue weighted by Crippen LogP contribution is 2.31. The van der Waals surface area contributed by atoms with Crippen LogP contribution in [0, 0.1) is 0 Å². The number of sulfonamides is 1. The lowest BCUT2D eigenvalue weighted by Gasteiger charge is -2.46. The lowest BCUT2D eigenvalue weighted by Crippen LogP contribution is -2.58. The molecule has 0 unspecified atom stereocenters. The predicted octanol–water partition coefficient (Wildman–Crippen LogP) is 0.981. The van der Waals surface area contributed by atoms with Gasteiger partial charge in [-0.1, -0.05) is 0 Å². The molecule has 1 aromatic heterocycles. The number of carboxylic acid groups (broad SMARTS) is 1. The van der Waals surface area contributed by atoms with Gasteiger partial charge in [-0.2, -0.15) is 13.2 Å². The fourth-order valence-corrected chi connectivity index (χ4v) is 4.06. The van der Waals surface area contributed by atoms with E-state index >= 15 is 0 Å². The maximum absolute atomic E-state index is 12.6. The molecule has 0 atom stereocenters. The standard InChI is InChI=1S/C15H21N3O4S.C2HF3O2/c1-23(20,21)18-7-4-15(5-8-18)12-17(9-10-22-15)14(19)13-3-2-6-16-11-13;3-2(4,5)1(6)7/h2-3,6,11H,4-5,7-10,12H2,1H3;(H,6,7). The predicted molar refractivity (Wildman–Crippen MR) is 98.2 cm³/mol. The van der Waals surface area contributed by atoms with E-state index in [2.05, 4.69) is 4.98 Å². The molecule has 0 aromatic carbocycles. The largest absolute Gasteiger partial charge is 0.490 e. The van der Waals surface area contributed by atoms with E-state index in [9.17, 15) is 26.4 Å². The molecule has 0 radical (unpaired) electrons. The molecule has 30 heavy (non-hydrogen) atoms. The van der Waals surface area contributed by atoms with Crippen molar-refractivity contribution >= 4 is 21.9 Å². The van der Waals surface area contributed by atoms with Crippen molar-refractivity contribution in [1.29, 1.82) is 0 Å². The maximum Gasteiger partial charge on any atom is 0.490 e. The molecule has 3 rings (SSSR count). The number of pyridine rings is 1. The van der Waals surface area contributed by atoms with Gasteiger partial charge in [-0.05, 0) is 25.0 Å². The molecule has 2 saturated heterocycles. The summed E-state index contributed by atoms with van der Waals surface area (Å²) in [6.45, 7) is 2.40. The summed E-state index contributed by atoms with van der Waals surface area (Å²) in [5, 5.41) is 7.12. The number of morpholine rings is 1. The Bertz CT molecular complexity index is 855. The number of hydrogen-bond acceptors (Lipinski definition) is 6. The average molecular weight is 453 g/mol. The highest BCUT2D eigenvalue weighted by Gasteiger charge is 2.42. The summed E-state index contributed by atoms with van der Waals surface area (Å²) in [6, 6.07) is 3.50. The van der Waals surface area contributed by atoms with Crippen LogP contribution in [0.3, 0.4) is 0 Å². The van der Waals surface area contributed by atoms with Gasteiger partial charge in [0.15, 0.2) is 0 Å². The number of carbonyl (C=O) groups excluding carboxylic acids is 1. The number of rotatable bonds is 2. The van der Waals surface area contributed by atoms with E-state index in [1.54, 1.807) is 29.4 Å². The molecule has 2 aliphatic rings. The number of ether oxygens (including phenoxy) is 1. The third-order valence-electron chi connectivity index (χ3n) is 4.79. The molecule has 0 aliphatic carbocycles. The van der Waals surface area contributed by atoms with Gasteiger partial charge in [0.2, 0.25) is 10.0 Å². The van der Waals surface area contributed by atoms with Gasteiger partial charge >= 0.3 is 12.1 Å². The summed E-state index contributed by atoms with van der Waals surface area (Å²) in [4.78, 5) is 27.2. The SMILES string of the molecule is CS(=O)(=O)N1CCC2(CC1)CN(C(=O)c1cccnc1)CCO2.O=C(O)C(F)(F)F. The number of halogens is 3. The lowest BCUT2D eigenvalue weighted by molar-refractivity contribution is -0.192. The second-order valence-electron chi connectivity index (χ2n) is 6.96. The number of alkyl halides is 3. The van der Waals surface area contributed by atoms with E-state index in [0.717, 1.165) is 0 Å². The third kappa shape index (κ3) is 6.37. The number of carboxylic acids is 1. The van der Waals surface area contributed by atoms with Crippen LogP contribution in [0.4, 0.5) is 13.2 Å². The Morgan fingerprint density at radius 2 is 1.83 bits per heavy atom. The van der Waals surface area contributed by atoms with Crippen LogP contribution in [0.15, 0.2) is 24.5 Å². The molecule has 1 N–H and O–H groups in total. The first-order valence-corrected chi connectivity index (χ1v) is 10.8. The molecule has 2 fully saturated rings. The number of aromatic nitrogens is 1. The first-order chi connectivity index (χ1) is 13.8. The van der Waals surface area contributed by atoms with Crippen molar-refractivity contribution in [2.24, 2.45) is 0 Å². The molecule has 1 spiro atoms. The maximum atomic E-state index is 12.6. The molecule has 168 valence electrons. The third-order valence-corrected chi connectivity index (χ3v) is 6.09. The zero-order chi connectivity index (χ0) is 22.6. The van der Waals surface area contributed by atoms with E-state index in [0.29, 0.717) is 51.2 Å². The zero-order valence-electron chi connectivity index (χ0n) is 16.1. The minimum absolute atomic E-state index is 0.0497. The number of nitrogens with zero attached hydrogens (tertiary/aromatic N) is 3. The highest BCUT2D eigenvalue weighted by atomic mass is 32.2. The number of piperidine rings is 1. The van der Waals surface area contributed by atoms with Gasteiger partial charge < -0.3 is 14.7 Å². The van der Waals surface area contributed by atoms with Crippen molar-refractivity contribution in [3.8, 4) is 0 Å². The van der Waals surface area contributed by atoms with Crippen molar-refractivity contribution in [1.82, 2.24) is 14.2 Å². The second-order valence-corrected chi connectivity index (χ2v) is 8.95. The Morgan fingerprint density at radius 3 is 2.30 bits per heavy atom. The van der Waals surface area contributed by atoms with E-state index in [1.807, 2.05) is 0 Å². The minimum Gasteiger partial charge on any atom is -0.475 e. The topological polar surface area (TPSA) is 117 Å². The quantitative estimate of drug-likeness (QED) is 0.709. The van der Waals surface area contributed by atoms with Gasteiger partial charge in [-0.25, -0.2) is 17.5 Å². The lowest BCUT2D eigenvalue weighted by atomic mass is 9.90. The van der Waals surface area contributed by atoms with Gasteiger partial charge in [0, 0.05) is 32.0 Å². The smallest absolute Gasteiger partial charge is 0.475 e. The first-order valence-electron chi connectivity index (χ1n) is 8.93. The summed E-state index contributed by atoms with van der Waals surface area (Å²) in [6.07, 6.45) is 0.563. The van der Waals surface area contributed by atoms with Crippen LogP contribution in [0.2, 0.25) is 0 Å². The van der Waals surface area contributed by atoms with Crippen molar-refractivity contribution < 1.29 is 41.0 Å². The minimum atomic E-state index is -5.08. The monoisotopic (exact) mass is 453 g/mol. The van der Waals surface area contributed by atoms with Crippen LogP contribution in [0.5, 0.6) is 0 Å². The molecule has 1 aromatic rings. The fourth-order valence-electron chi connectivity index (χ4n) is 3.22. The molecule has 0 saturated carbocycles. The van der Waals surface area contributed by atoms with Crippen LogP contribution in [0.25, 0.3) is 0 Å². The van der Waals surface area contributed by atoms with Crippen molar-refractivity contribution in [3.63, 3.8) is 0 Å². The highest BCUT2D eigenvalue weighted by molar-refractivity contribution is 7.88. The normalized spacial score (nSPS) is 19.7. The van der Waals surface area contributed by atoms with E-state index < -0.39 is 27.8 Å². The molecule has 3 heterocycles. The summed E-state index contributed by atoms with van der Waals surface area (Å²) in [5.74, 6) is -2.81. The average Bonchev–Trinajstić information content (AvgIpc) is 2.67. The molecule has 2 aliphatic heterocycles. The number of hydrogen-bond donors (Lipinski definition) is 1. The number of amides is 1. The van der Waals surface area contributed by atoms with Gasteiger partial charge in [-0.15, -0.1) is 0 Å². The van der Waals surface area contributed by atoms with Gasteiger partial charge in [-0.3, -0.25) is 9.78 Å². The second kappa shape index (κ2) is 9.27. The Morgan fingerprint density at radius 1 is 1.23 bits per heavy atom. The van der Waals surface area contributed by atoms with Gasteiger partial charge in [0.05, 0.1) is 30.6 Å². The summed E-state index contributed by atoms with van der Waals surface area (Å²) < 4.78 is 62.4. The summed E-state index contributed by atoms with van der Waals surface area (Å²) in [7, 11) is -3.17. The Balaban J connectivity index is 0.000000396. The summed E-state index contributed by atoms with van der Waals surface area (Å²) >= 11 is 0. The molecular formula is C17H22F3N3O6S. The zero-order valence-corrected chi connectivity index (χ0v) is 16.9. The molecule has 9 nitrogen and oxygen atoms in total. The van der Waals surface area contributed by atoms with E-state index in [4.69, 9.17) is 14.6 Å². The van der Waals surface area contributed by atoms with Crippen LogP contribution < -0.4 is 0 Å². The molecule has 1 amide bonds. The van der Waals surface area contributed by atoms with E-state index in [1.165, 1.54) is 10.6 Å². The summed E-state index contributed by atoms with van der Waals surface area (Å²) in [5.41, 5.74) is 0.134. The van der Waals surface area contributed by atoms with Gasteiger partial charge in [0.1, 0.15) is 0 Å². The van der Waals surface area contributed by atoms with Crippen molar-refractivity contribution in [2.75, 3.05) is 39.0 Å². The van der Waals surface area contributed by atoms with E-state index in [-0.39, 0.29) is 5.91 Å². The van der Waals surface area contributed by atoms with Crippen molar-refractivity contribution in [3.05, 3.63) is 30.1 Å². The number of carbonyl (C=O) groups is 2. The van der Waals surface area contributed by atoms with Gasteiger partial charge in [0.25, 0.3) is 5.91 Å². The van der Waals surface area contributed by atoms with Crippen molar-refractivity contribution in [2.45, 2.75) is 24.6 Å². The first kappa shape index (κ1) is 24.0. The molecule has 13 heteroatoms. The fraction of sp³-hybridized carbons (Fsp3) is 0.588. The molecular weight excluding hydrogens is 431 g/mol. The van der Waals surface area contributed by atoms with Crippen LogP contribution in [-0.2, 0) is 19.6 Å². The Hall–Kier alpha value is -2.25. The van der Waals surface area contributed by atoms with Crippen LogP contribution in [0.1, 0.15) is 23.2 Å². The number of aliphatic carboxylic acids is 1. The Kier molecular flexibility index (Phi) is 7.42.